The van der Waals surface area contributed by atoms with Gasteiger partial charge in [-0.2, -0.15) is 0 Å². The first-order chi connectivity index (χ1) is 10.6. The van der Waals surface area contributed by atoms with Crippen molar-refractivity contribution in [3.05, 3.63) is 23.8 Å². The highest BCUT2D eigenvalue weighted by Crippen LogP contribution is 2.37. The smallest absolute Gasteiger partial charge is 0.329 e. The quantitative estimate of drug-likeness (QED) is 0.462. The zero-order valence-electron chi connectivity index (χ0n) is 13.0. The maximum atomic E-state index is 11.6. The number of halogens is 2. The van der Waals surface area contributed by atoms with Gasteiger partial charge < -0.3 is 14.4 Å². The molecular formula is C17H21Cl2NO3. The van der Waals surface area contributed by atoms with Crippen molar-refractivity contribution in [3.63, 3.8) is 0 Å². The van der Waals surface area contributed by atoms with Gasteiger partial charge in [-0.15, -0.1) is 24.0 Å². The van der Waals surface area contributed by atoms with Gasteiger partial charge in [0.2, 0.25) is 0 Å². The van der Waals surface area contributed by atoms with Crippen LogP contribution in [0.25, 0.3) is 0 Å². The van der Waals surface area contributed by atoms with Gasteiger partial charge in [-0.1, -0.05) is 6.07 Å². The normalized spacial score (nSPS) is 32.7. The van der Waals surface area contributed by atoms with E-state index in [1.54, 1.807) is 0 Å². The third kappa shape index (κ3) is 3.17. The number of carbonyl (C=O) groups is 1. The number of rotatable bonds is 2. The van der Waals surface area contributed by atoms with Crippen molar-refractivity contribution in [2.75, 3.05) is 7.05 Å². The summed E-state index contributed by atoms with van der Waals surface area (Å²) < 4.78 is 11.4. The lowest BCUT2D eigenvalue weighted by atomic mass is 10.0. The summed E-state index contributed by atoms with van der Waals surface area (Å²) in [5.41, 5.74) is 0.968. The van der Waals surface area contributed by atoms with Crippen LogP contribution in [-0.2, 0) is 11.2 Å². The lowest BCUT2D eigenvalue weighted by Gasteiger charge is -2.36. The molecule has 4 nitrogen and oxygen atoms in total. The number of hydrogen-bond acceptors (Lipinski definition) is 4. The van der Waals surface area contributed by atoms with E-state index in [2.05, 4.69) is 11.9 Å². The third-order valence-corrected chi connectivity index (χ3v) is 5.59. The fourth-order valence-electron chi connectivity index (χ4n) is 3.97. The van der Waals surface area contributed by atoms with Crippen LogP contribution < -0.4 is 9.47 Å². The van der Waals surface area contributed by atoms with E-state index in [0.717, 1.165) is 24.2 Å². The number of fused-ring (bicyclic) bond motifs is 3. The Hall–Kier alpha value is -0.970. The van der Waals surface area contributed by atoms with Crippen molar-refractivity contribution < 1.29 is 14.3 Å². The monoisotopic (exact) mass is 357 g/mol. The maximum Gasteiger partial charge on any atom is 0.329 e. The standard InChI is InChI=1S/C17H20ClNO3.ClH/c1-19-11-3-4-12(19)8-14(7-11)21-13-5-2-10-6-15(18)17(20)22-16(10)9-13;/h2,5,9,11-12,14-15H,3-4,6-8H2,1H3;1H. The van der Waals surface area contributed by atoms with Crippen LogP contribution in [0.15, 0.2) is 18.2 Å². The van der Waals surface area contributed by atoms with Crippen LogP contribution >= 0.6 is 24.0 Å². The van der Waals surface area contributed by atoms with E-state index in [1.807, 2.05) is 18.2 Å². The van der Waals surface area contributed by atoms with Gasteiger partial charge in [0.05, 0.1) is 0 Å². The Kier molecular flexibility index (Phi) is 4.77. The van der Waals surface area contributed by atoms with Crippen LogP contribution in [0.3, 0.4) is 0 Å². The Balaban J connectivity index is 0.00000156. The molecule has 3 aliphatic heterocycles. The minimum atomic E-state index is -0.580. The summed E-state index contributed by atoms with van der Waals surface area (Å²) in [6, 6.07) is 7.04. The van der Waals surface area contributed by atoms with Gasteiger partial charge in [0.1, 0.15) is 23.0 Å². The van der Waals surface area contributed by atoms with E-state index in [1.165, 1.54) is 12.8 Å². The predicted octanol–water partition coefficient (Wildman–Crippen LogP) is 3.18. The first kappa shape index (κ1) is 16.9. The molecule has 3 aliphatic rings. The zero-order valence-corrected chi connectivity index (χ0v) is 14.6. The van der Waals surface area contributed by atoms with Crippen molar-refractivity contribution >= 4 is 30.0 Å². The first-order valence-corrected chi connectivity index (χ1v) is 8.41. The molecule has 0 spiro atoms. The molecule has 0 N–H and O–H groups in total. The van der Waals surface area contributed by atoms with E-state index in [9.17, 15) is 4.79 Å². The van der Waals surface area contributed by atoms with Gasteiger partial charge >= 0.3 is 5.97 Å². The maximum absolute atomic E-state index is 11.6. The molecule has 2 saturated heterocycles. The summed E-state index contributed by atoms with van der Waals surface area (Å²) in [7, 11) is 2.22. The van der Waals surface area contributed by atoms with Gasteiger partial charge in [0, 0.05) is 24.6 Å². The van der Waals surface area contributed by atoms with Gasteiger partial charge in [0.25, 0.3) is 0 Å². The summed E-state index contributed by atoms with van der Waals surface area (Å²) in [6.45, 7) is 0. The van der Waals surface area contributed by atoms with E-state index in [0.29, 0.717) is 24.3 Å². The summed E-state index contributed by atoms with van der Waals surface area (Å²) in [6.07, 6.45) is 5.49. The Morgan fingerprint density at radius 3 is 2.65 bits per heavy atom. The minimum Gasteiger partial charge on any atom is -0.490 e. The first-order valence-electron chi connectivity index (χ1n) is 7.97. The Morgan fingerprint density at radius 1 is 1.26 bits per heavy atom. The largest absolute Gasteiger partial charge is 0.490 e. The van der Waals surface area contributed by atoms with E-state index in [-0.39, 0.29) is 24.5 Å². The summed E-state index contributed by atoms with van der Waals surface area (Å²) in [5.74, 6) is 1.01. The number of piperidine rings is 1. The molecular weight excluding hydrogens is 337 g/mol. The number of alkyl halides is 1. The highest BCUT2D eigenvalue weighted by Gasteiger charge is 2.39. The van der Waals surface area contributed by atoms with Crippen LogP contribution in [0.2, 0.25) is 0 Å². The number of esters is 1. The van der Waals surface area contributed by atoms with Crippen LogP contribution in [0, 0.1) is 0 Å². The molecule has 1 aromatic carbocycles. The van der Waals surface area contributed by atoms with Crippen molar-refractivity contribution in [3.8, 4) is 11.5 Å². The fourth-order valence-corrected chi connectivity index (χ4v) is 4.18. The molecule has 4 rings (SSSR count). The summed E-state index contributed by atoms with van der Waals surface area (Å²) >= 11 is 5.93. The third-order valence-electron chi connectivity index (χ3n) is 5.26. The molecule has 0 radical (unpaired) electrons. The van der Waals surface area contributed by atoms with Crippen molar-refractivity contribution in [1.82, 2.24) is 4.90 Å². The Labute approximate surface area is 147 Å². The van der Waals surface area contributed by atoms with E-state index in [4.69, 9.17) is 21.1 Å². The topological polar surface area (TPSA) is 38.8 Å². The number of ether oxygens (including phenoxy) is 2. The fraction of sp³-hybridized carbons (Fsp3) is 0.588. The number of nitrogens with zero attached hydrogens (tertiary/aromatic N) is 1. The Bertz CT molecular complexity index is 596. The molecule has 23 heavy (non-hydrogen) atoms. The average Bonchev–Trinajstić information content (AvgIpc) is 2.71. The van der Waals surface area contributed by atoms with E-state index >= 15 is 0 Å². The second-order valence-corrected chi connectivity index (χ2v) is 7.15. The van der Waals surface area contributed by atoms with Gasteiger partial charge in [-0.05, 0) is 44.4 Å². The van der Waals surface area contributed by atoms with Gasteiger partial charge in [-0.3, -0.25) is 4.79 Å². The summed E-state index contributed by atoms with van der Waals surface area (Å²) in [4.78, 5) is 14.1. The molecule has 3 atom stereocenters. The van der Waals surface area contributed by atoms with Gasteiger partial charge in [-0.25, -0.2) is 0 Å². The van der Waals surface area contributed by atoms with Crippen LogP contribution in [0.5, 0.6) is 11.5 Å². The molecule has 3 unspecified atom stereocenters. The van der Waals surface area contributed by atoms with Crippen LogP contribution in [-0.4, -0.2) is 41.5 Å². The lowest BCUT2D eigenvalue weighted by molar-refractivity contribution is -0.134. The molecule has 0 saturated carbocycles. The second-order valence-electron chi connectivity index (χ2n) is 6.62. The van der Waals surface area contributed by atoms with Crippen LogP contribution in [0.4, 0.5) is 0 Å². The van der Waals surface area contributed by atoms with Gasteiger partial charge in [0.15, 0.2) is 0 Å². The van der Waals surface area contributed by atoms with Crippen molar-refractivity contribution in [2.24, 2.45) is 0 Å². The molecule has 0 aromatic heterocycles. The minimum absolute atomic E-state index is 0. The predicted molar refractivity (Wildman–Crippen MR) is 90.9 cm³/mol. The Morgan fingerprint density at radius 2 is 1.96 bits per heavy atom. The molecule has 3 heterocycles. The summed E-state index contributed by atoms with van der Waals surface area (Å²) in [5, 5.41) is -0.580. The van der Waals surface area contributed by atoms with Crippen molar-refractivity contribution in [2.45, 2.75) is 55.7 Å². The molecule has 0 aliphatic carbocycles. The highest BCUT2D eigenvalue weighted by atomic mass is 35.5. The highest BCUT2D eigenvalue weighted by molar-refractivity contribution is 6.30. The average molecular weight is 358 g/mol. The zero-order chi connectivity index (χ0) is 15.3. The SMILES string of the molecule is CN1C2CCC1CC(Oc1ccc3c(c1)OC(=O)C(Cl)C3)C2.Cl. The second kappa shape index (κ2) is 6.50. The molecule has 126 valence electrons. The number of hydrogen-bond donors (Lipinski definition) is 0. The number of carbonyl (C=O) groups excluding carboxylic acids is 1. The molecule has 2 fully saturated rings. The van der Waals surface area contributed by atoms with Crippen LogP contribution in [0.1, 0.15) is 31.2 Å². The molecule has 1 aromatic rings. The van der Waals surface area contributed by atoms with Crippen molar-refractivity contribution in [1.29, 1.82) is 0 Å². The van der Waals surface area contributed by atoms with E-state index < -0.39 is 5.38 Å². The number of benzene rings is 1. The molecule has 6 heteroatoms. The molecule has 0 amide bonds. The molecule has 2 bridgehead atoms. The lowest BCUT2D eigenvalue weighted by Crippen LogP contribution is -2.43.